The summed E-state index contributed by atoms with van der Waals surface area (Å²) < 4.78 is -0.727. The Kier molecular flexibility index (Phi) is 2.89. The second-order valence-electron chi connectivity index (χ2n) is 2.47. The van der Waals surface area contributed by atoms with Crippen molar-refractivity contribution in [2.24, 2.45) is 0 Å². The van der Waals surface area contributed by atoms with Gasteiger partial charge in [0.05, 0.1) is 0 Å². The van der Waals surface area contributed by atoms with Crippen LogP contribution in [-0.2, 0) is 9.59 Å². The van der Waals surface area contributed by atoms with Gasteiger partial charge in [0.1, 0.15) is 0 Å². The fourth-order valence-corrected chi connectivity index (χ4v) is 2.71. The molecule has 12 heavy (non-hydrogen) atoms. The number of hydrogen-bond donors (Lipinski definition) is 2. The number of carbonyl (C=O) groups is 2. The van der Waals surface area contributed by atoms with Crippen LogP contribution in [-0.4, -0.2) is 26.2 Å². The van der Waals surface area contributed by atoms with Gasteiger partial charge >= 0.3 is 11.9 Å². The van der Waals surface area contributed by atoms with Crippen LogP contribution >= 0.6 is 21.6 Å². The first-order valence-corrected chi connectivity index (χ1v) is 5.54. The Labute approximate surface area is 77.1 Å². The topological polar surface area (TPSA) is 74.6 Å². The maximum Gasteiger partial charge on any atom is 0.331 e. The van der Waals surface area contributed by atoms with Crippen LogP contribution in [0.2, 0.25) is 0 Å². The normalized spacial score (nSPS) is 18.7. The van der Waals surface area contributed by atoms with Gasteiger partial charge < -0.3 is 10.2 Å². The van der Waals surface area contributed by atoms with Crippen LogP contribution in [0.1, 0.15) is 19.3 Å². The summed E-state index contributed by atoms with van der Waals surface area (Å²) >= 11 is 0. The molecule has 0 aromatic carbocycles. The van der Waals surface area contributed by atoms with E-state index in [1.54, 1.807) is 0 Å². The zero-order chi connectivity index (χ0) is 9.19. The average Bonchev–Trinajstić information content (AvgIpc) is 2.68. The molecule has 0 unspecified atom stereocenters. The molecule has 0 bridgehead atoms. The first-order chi connectivity index (χ1) is 5.57. The molecule has 2 N–H and O–H groups in total. The van der Waals surface area contributed by atoms with Crippen molar-refractivity contribution >= 4 is 33.5 Å². The number of hydrogen-bond acceptors (Lipinski definition) is 4. The molecule has 0 saturated carbocycles. The molecule has 1 fully saturated rings. The van der Waals surface area contributed by atoms with Gasteiger partial charge in [0, 0.05) is 6.42 Å². The minimum atomic E-state index is -0.869. The Morgan fingerprint density at radius 2 is 1.83 bits per heavy atom. The molecule has 0 aromatic heterocycles. The summed E-state index contributed by atoms with van der Waals surface area (Å²) in [5.41, 5.74) is 0. The largest absolute Gasteiger partial charge is 0.481 e. The van der Waals surface area contributed by atoms with E-state index in [4.69, 9.17) is 10.2 Å². The molecule has 0 atom stereocenters. The Balaban J connectivity index is 2.23. The molecule has 0 amide bonds. The maximum absolute atomic E-state index is 10.6. The van der Waals surface area contributed by atoms with E-state index >= 15 is 0 Å². The van der Waals surface area contributed by atoms with Crippen LogP contribution < -0.4 is 0 Å². The summed E-state index contributed by atoms with van der Waals surface area (Å²) in [7, 11) is 2.60. The Morgan fingerprint density at radius 3 is 2.17 bits per heavy atom. The van der Waals surface area contributed by atoms with Crippen molar-refractivity contribution in [1.29, 1.82) is 0 Å². The van der Waals surface area contributed by atoms with Gasteiger partial charge in [0.2, 0.25) is 0 Å². The minimum absolute atomic E-state index is 0.0517. The Bertz CT molecular complexity index is 212. The number of carboxylic acid groups (broad SMARTS) is 2. The van der Waals surface area contributed by atoms with Crippen molar-refractivity contribution in [2.45, 2.75) is 23.3 Å². The predicted octanol–water partition coefficient (Wildman–Crippen LogP) is 1.42. The van der Waals surface area contributed by atoms with Gasteiger partial charge in [0.15, 0.2) is 4.08 Å². The predicted molar refractivity (Wildman–Crippen MR) is 47.0 cm³/mol. The van der Waals surface area contributed by atoms with Crippen LogP contribution in [0.15, 0.2) is 0 Å². The number of carboxylic acids is 2. The SMILES string of the molecule is O=C(O)CCCC1(C(=O)O)SS1. The van der Waals surface area contributed by atoms with Crippen LogP contribution in [0.25, 0.3) is 0 Å². The van der Waals surface area contributed by atoms with E-state index in [1.165, 1.54) is 21.6 Å². The fourth-order valence-electron chi connectivity index (χ4n) is 0.784. The maximum atomic E-state index is 10.6. The summed E-state index contributed by atoms with van der Waals surface area (Å²) in [6.07, 6.45) is 0.918. The van der Waals surface area contributed by atoms with Crippen LogP contribution in [0.3, 0.4) is 0 Å². The van der Waals surface area contributed by atoms with Crippen LogP contribution in [0.5, 0.6) is 0 Å². The van der Waals surface area contributed by atoms with Gasteiger partial charge in [0.25, 0.3) is 0 Å². The third-order valence-corrected chi connectivity index (χ3v) is 4.54. The van der Waals surface area contributed by atoms with Crippen molar-refractivity contribution in [2.75, 3.05) is 0 Å². The van der Waals surface area contributed by atoms with Crippen LogP contribution in [0.4, 0.5) is 0 Å². The molecule has 1 aliphatic rings. The Morgan fingerprint density at radius 1 is 1.25 bits per heavy atom. The zero-order valence-electron chi connectivity index (χ0n) is 6.15. The molecule has 1 rings (SSSR count). The highest BCUT2D eigenvalue weighted by Gasteiger charge is 2.53. The van der Waals surface area contributed by atoms with Gasteiger partial charge in [-0.3, -0.25) is 4.79 Å². The van der Waals surface area contributed by atoms with Gasteiger partial charge in [-0.1, -0.05) is 21.6 Å². The molecular weight excluding hydrogens is 200 g/mol. The second kappa shape index (κ2) is 3.57. The molecule has 68 valence electrons. The van der Waals surface area contributed by atoms with E-state index in [-0.39, 0.29) is 6.42 Å². The van der Waals surface area contributed by atoms with E-state index < -0.39 is 16.0 Å². The van der Waals surface area contributed by atoms with Crippen molar-refractivity contribution < 1.29 is 19.8 Å². The Hall–Kier alpha value is -0.360. The number of rotatable bonds is 5. The van der Waals surface area contributed by atoms with Crippen molar-refractivity contribution in [3.63, 3.8) is 0 Å². The molecule has 6 heteroatoms. The second-order valence-corrected chi connectivity index (χ2v) is 5.46. The van der Waals surface area contributed by atoms with E-state index in [0.29, 0.717) is 12.8 Å². The molecule has 1 heterocycles. The third kappa shape index (κ3) is 2.31. The monoisotopic (exact) mass is 208 g/mol. The summed E-state index contributed by atoms with van der Waals surface area (Å²) in [6, 6.07) is 0. The minimum Gasteiger partial charge on any atom is -0.481 e. The smallest absolute Gasteiger partial charge is 0.331 e. The molecule has 0 aliphatic carbocycles. The van der Waals surface area contributed by atoms with E-state index in [9.17, 15) is 9.59 Å². The van der Waals surface area contributed by atoms with Crippen molar-refractivity contribution in [3.05, 3.63) is 0 Å². The van der Waals surface area contributed by atoms with Gasteiger partial charge in [-0.2, -0.15) is 0 Å². The standard InChI is InChI=1S/C6H8O4S2/c7-4(8)2-1-3-6(5(9)10)11-12-6/h1-3H2,(H,7,8)(H,9,10). The average molecular weight is 208 g/mol. The highest BCUT2D eigenvalue weighted by Crippen LogP contribution is 2.67. The van der Waals surface area contributed by atoms with Gasteiger partial charge in [-0.15, -0.1) is 0 Å². The van der Waals surface area contributed by atoms with E-state index in [0.717, 1.165) is 0 Å². The lowest BCUT2D eigenvalue weighted by Crippen LogP contribution is -2.19. The molecule has 0 aromatic rings. The lowest BCUT2D eigenvalue weighted by atomic mass is 10.2. The molecule has 0 spiro atoms. The van der Waals surface area contributed by atoms with Crippen LogP contribution in [0, 0.1) is 0 Å². The van der Waals surface area contributed by atoms with Crippen molar-refractivity contribution in [3.8, 4) is 0 Å². The van der Waals surface area contributed by atoms with Crippen molar-refractivity contribution in [1.82, 2.24) is 0 Å². The van der Waals surface area contributed by atoms with Gasteiger partial charge in [-0.25, -0.2) is 4.79 Å². The lowest BCUT2D eigenvalue weighted by Gasteiger charge is -2.02. The quantitative estimate of drug-likeness (QED) is 0.525. The summed E-state index contributed by atoms with van der Waals surface area (Å²) in [5.74, 6) is -1.71. The highest BCUT2D eigenvalue weighted by molar-refractivity contribution is 8.94. The van der Waals surface area contributed by atoms with E-state index in [2.05, 4.69) is 0 Å². The fraction of sp³-hybridized carbons (Fsp3) is 0.667. The molecule has 0 radical (unpaired) electrons. The highest BCUT2D eigenvalue weighted by atomic mass is 33.2. The molecule has 4 nitrogen and oxygen atoms in total. The molecule has 1 saturated heterocycles. The summed E-state index contributed by atoms with van der Waals surface area (Å²) in [5, 5.41) is 17.0. The third-order valence-electron chi connectivity index (χ3n) is 1.51. The molecular formula is C6H8O4S2. The first kappa shape index (κ1) is 9.73. The first-order valence-electron chi connectivity index (χ1n) is 3.39. The number of aliphatic carboxylic acids is 2. The molecule has 1 aliphatic heterocycles. The zero-order valence-corrected chi connectivity index (χ0v) is 7.78. The van der Waals surface area contributed by atoms with E-state index in [1.807, 2.05) is 0 Å². The summed E-state index contributed by atoms with van der Waals surface area (Å²) in [6.45, 7) is 0. The van der Waals surface area contributed by atoms with Gasteiger partial charge in [-0.05, 0) is 12.8 Å². The lowest BCUT2D eigenvalue weighted by molar-refractivity contribution is -0.139. The summed E-state index contributed by atoms with van der Waals surface area (Å²) in [4.78, 5) is 20.7.